The third-order valence-electron chi connectivity index (χ3n) is 7.37. The number of hydrogen-bond acceptors (Lipinski definition) is 6. The van der Waals surface area contributed by atoms with E-state index in [4.69, 9.17) is 34.8 Å². The van der Waals surface area contributed by atoms with Crippen molar-refractivity contribution in [2.45, 2.75) is 52.5 Å². The van der Waals surface area contributed by atoms with Gasteiger partial charge in [0.1, 0.15) is 9.88 Å². The minimum absolute atomic E-state index is 0.0631. The van der Waals surface area contributed by atoms with Crippen LogP contribution in [0.25, 0.3) is 10.1 Å². The van der Waals surface area contributed by atoms with Crippen molar-refractivity contribution in [3.05, 3.63) is 48.1 Å². The molecule has 1 fully saturated rings. The first-order valence-corrected chi connectivity index (χ1v) is 16.9. The Morgan fingerprint density at radius 3 is 2.45 bits per heavy atom. The predicted octanol–water partition coefficient (Wildman–Crippen LogP) is 7.24. The van der Waals surface area contributed by atoms with Crippen LogP contribution in [-0.2, 0) is 22.7 Å². The number of nitrogens with one attached hydrogen (secondary N) is 2. The van der Waals surface area contributed by atoms with Crippen LogP contribution in [0.3, 0.4) is 0 Å². The standard InChI is InChI=1S/C26H27Cl3N2O4S3/c1-26(2,3)12-4-5-15-17(8-12)37-25(19(15)23(32)30-14-6-7-38(34,35)11-14)31-24(33)22-21(29)20-16(28)9-13(27)10-18(20)36-22/h9-10,12,14H,4-8,11H2,1-3H3,(H,30,32)(H,31,33). The average molecular weight is 634 g/mol. The van der Waals surface area contributed by atoms with E-state index < -0.39 is 21.8 Å². The molecule has 5 rings (SSSR count). The van der Waals surface area contributed by atoms with Gasteiger partial charge in [-0.2, -0.15) is 0 Å². The minimum Gasteiger partial charge on any atom is -0.348 e. The number of anilines is 1. The van der Waals surface area contributed by atoms with E-state index in [1.54, 1.807) is 12.1 Å². The van der Waals surface area contributed by atoms with Crippen LogP contribution in [0.4, 0.5) is 5.00 Å². The number of hydrogen-bond donors (Lipinski definition) is 2. The Kier molecular flexibility index (Phi) is 7.59. The lowest BCUT2D eigenvalue weighted by Crippen LogP contribution is -2.36. The number of sulfone groups is 1. The molecule has 1 aromatic carbocycles. The molecule has 0 radical (unpaired) electrons. The van der Waals surface area contributed by atoms with Crippen molar-refractivity contribution in [1.82, 2.24) is 5.32 Å². The minimum atomic E-state index is -3.16. The van der Waals surface area contributed by atoms with Gasteiger partial charge in [0.15, 0.2) is 9.84 Å². The van der Waals surface area contributed by atoms with Crippen LogP contribution in [0.5, 0.6) is 0 Å². The van der Waals surface area contributed by atoms with Crippen LogP contribution >= 0.6 is 57.5 Å². The SMILES string of the molecule is CC(C)(C)C1CCc2c(sc(NC(=O)c3sc4cc(Cl)cc(Cl)c4c3Cl)c2C(=O)NC2CCS(=O)(=O)C2)C1. The smallest absolute Gasteiger partial charge is 0.267 e. The summed E-state index contributed by atoms with van der Waals surface area (Å²) in [6.07, 6.45) is 2.84. The molecule has 3 aromatic rings. The second kappa shape index (κ2) is 10.2. The second-order valence-corrected chi connectivity index (χ2v) is 16.7. The Morgan fingerprint density at radius 2 is 1.79 bits per heavy atom. The summed E-state index contributed by atoms with van der Waals surface area (Å²) in [5, 5.41) is 7.91. The Hall–Kier alpha value is -1.36. The fourth-order valence-electron chi connectivity index (χ4n) is 5.24. The first-order chi connectivity index (χ1) is 17.7. The monoisotopic (exact) mass is 632 g/mol. The van der Waals surface area contributed by atoms with Crippen LogP contribution in [0, 0.1) is 11.3 Å². The van der Waals surface area contributed by atoms with Gasteiger partial charge in [-0.05, 0) is 54.7 Å². The van der Waals surface area contributed by atoms with Crippen LogP contribution in [0.2, 0.25) is 15.1 Å². The van der Waals surface area contributed by atoms with E-state index in [1.807, 2.05) is 0 Å². The first-order valence-electron chi connectivity index (χ1n) is 12.3. The summed E-state index contributed by atoms with van der Waals surface area (Å²) in [6, 6.07) is 2.85. The third-order valence-corrected chi connectivity index (χ3v) is 12.4. The maximum absolute atomic E-state index is 13.5. The highest BCUT2D eigenvalue weighted by Crippen LogP contribution is 2.46. The molecular weight excluding hydrogens is 607 g/mol. The molecule has 3 heterocycles. The number of fused-ring (bicyclic) bond motifs is 2. The van der Waals surface area contributed by atoms with Gasteiger partial charge in [-0.3, -0.25) is 9.59 Å². The Balaban J connectivity index is 1.50. The van der Waals surface area contributed by atoms with Gasteiger partial charge in [-0.15, -0.1) is 22.7 Å². The highest BCUT2D eigenvalue weighted by Gasteiger charge is 2.36. The number of halogens is 3. The van der Waals surface area contributed by atoms with Gasteiger partial charge >= 0.3 is 0 Å². The van der Waals surface area contributed by atoms with Crippen LogP contribution in [0.1, 0.15) is 64.1 Å². The molecule has 204 valence electrons. The average Bonchev–Trinajstić information content (AvgIpc) is 3.44. The van der Waals surface area contributed by atoms with E-state index in [0.717, 1.165) is 23.3 Å². The van der Waals surface area contributed by atoms with E-state index in [2.05, 4.69) is 31.4 Å². The molecule has 1 aliphatic carbocycles. The maximum atomic E-state index is 13.5. The largest absolute Gasteiger partial charge is 0.348 e. The zero-order valence-electron chi connectivity index (χ0n) is 21.0. The number of rotatable bonds is 4. The van der Waals surface area contributed by atoms with E-state index in [-0.39, 0.29) is 32.7 Å². The highest BCUT2D eigenvalue weighted by molar-refractivity contribution is 7.91. The second-order valence-electron chi connectivity index (χ2n) is 11.0. The lowest BCUT2D eigenvalue weighted by molar-refractivity contribution is 0.0941. The van der Waals surface area contributed by atoms with Crippen molar-refractivity contribution in [3.63, 3.8) is 0 Å². The number of carbonyl (C=O) groups is 2. The molecule has 0 saturated carbocycles. The Labute approximate surface area is 245 Å². The summed E-state index contributed by atoms with van der Waals surface area (Å²) in [5.74, 6) is -0.358. The van der Waals surface area contributed by atoms with Gasteiger partial charge < -0.3 is 10.6 Å². The van der Waals surface area contributed by atoms with E-state index in [1.165, 1.54) is 22.7 Å². The molecule has 2 amide bonds. The van der Waals surface area contributed by atoms with Crippen molar-refractivity contribution in [3.8, 4) is 0 Å². The fourth-order valence-corrected chi connectivity index (χ4v) is 10.5. The molecule has 2 unspecified atom stereocenters. The van der Waals surface area contributed by atoms with Crippen molar-refractivity contribution in [2.75, 3.05) is 16.8 Å². The van der Waals surface area contributed by atoms with Gasteiger partial charge in [0.2, 0.25) is 0 Å². The van der Waals surface area contributed by atoms with Crippen molar-refractivity contribution >= 4 is 94.2 Å². The first kappa shape index (κ1) is 28.2. The van der Waals surface area contributed by atoms with E-state index in [9.17, 15) is 18.0 Å². The van der Waals surface area contributed by atoms with E-state index >= 15 is 0 Å². The van der Waals surface area contributed by atoms with Gasteiger partial charge in [0, 0.05) is 26.0 Å². The van der Waals surface area contributed by atoms with Crippen LogP contribution < -0.4 is 10.6 Å². The molecule has 1 saturated heterocycles. The number of amides is 2. The molecule has 2 atom stereocenters. The molecular formula is C26H27Cl3N2O4S3. The molecule has 2 aliphatic rings. The van der Waals surface area contributed by atoms with Crippen molar-refractivity contribution < 1.29 is 18.0 Å². The number of thiophene rings is 2. The fraction of sp³-hybridized carbons (Fsp3) is 0.462. The number of carbonyl (C=O) groups excluding carboxylic acids is 2. The highest BCUT2D eigenvalue weighted by atomic mass is 35.5. The summed E-state index contributed by atoms with van der Waals surface area (Å²) in [6.45, 7) is 6.65. The molecule has 1 aliphatic heterocycles. The lowest BCUT2D eigenvalue weighted by Gasteiger charge is -2.33. The molecule has 6 nitrogen and oxygen atoms in total. The summed E-state index contributed by atoms with van der Waals surface area (Å²) < 4.78 is 24.6. The zero-order valence-corrected chi connectivity index (χ0v) is 25.8. The summed E-state index contributed by atoms with van der Waals surface area (Å²) in [7, 11) is -3.16. The molecule has 12 heteroatoms. The normalized spacial score (nSPS) is 20.9. The van der Waals surface area contributed by atoms with Crippen molar-refractivity contribution in [2.24, 2.45) is 11.3 Å². The Morgan fingerprint density at radius 1 is 1.05 bits per heavy atom. The summed E-state index contributed by atoms with van der Waals surface area (Å²) in [5.41, 5.74) is 1.46. The number of benzene rings is 1. The third kappa shape index (κ3) is 5.47. The molecule has 2 aromatic heterocycles. The van der Waals surface area contributed by atoms with Crippen LogP contribution in [0.15, 0.2) is 12.1 Å². The van der Waals surface area contributed by atoms with E-state index in [0.29, 0.717) is 49.5 Å². The van der Waals surface area contributed by atoms with Gasteiger partial charge in [0.25, 0.3) is 11.8 Å². The van der Waals surface area contributed by atoms with Crippen molar-refractivity contribution in [1.29, 1.82) is 0 Å². The lowest BCUT2D eigenvalue weighted by atomic mass is 9.72. The topological polar surface area (TPSA) is 92.3 Å². The maximum Gasteiger partial charge on any atom is 0.267 e. The van der Waals surface area contributed by atoms with Crippen LogP contribution in [-0.4, -0.2) is 37.8 Å². The summed E-state index contributed by atoms with van der Waals surface area (Å²) in [4.78, 5) is 28.4. The van der Waals surface area contributed by atoms with Gasteiger partial charge in [-0.25, -0.2) is 8.42 Å². The zero-order chi connectivity index (χ0) is 27.6. The molecule has 38 heavy (non-hydrogen) atoms. The summed E-state index contributed by atoms with van der Waals surface area (Å²) >= 11 is 21.7. The van der Waals surface area contributed by atoms with Gasteiger partial charge in [-0.1, -0.05) is 55.6 Å². The van der Waals surface area contributed by atoms with Gasteiger partial charge in [0.05, 0.1) is 27.1 Å². The Bertz CT molecular complexity index is 1570. The predicted molar refractivity (Wildman–Crippen MR) is 159 cm³/mol. The quantitative estimate of drug-likeness (QED) is 0.317. The molecule has 0 bridgehead atoms. The molecule has 2 N–H and O–H groups in total. The molecule has 0 spiro atoms.